The zero-order chi connectivity index (χ0) is 22.8. The molecule has 0 aliphatic heterocycles. The Balaban J connectivity index is 1.75. The highest BCUT2D eigenvalue weighted by Gasteiger charge is 2.19. The summed E-state index contributed by atoms with van der Waals surface area (Å²) < 4.78 is 1.57. The molecule has 1 N–H and O–H groups in total. The number of ketones is 1. The van der Waals surface area contributed by atoms with Crippen molar-refractivity contribution in [3.63, 3.8) is 0 Å². The first kappa shape index (κ1) is 21.2. The first-order valence-electron chi connectivity index (χ1n) is 10.3. The summed E-state index contributed by atoms with van der Waals surface area (Å²) in [6.07, 6.45) is 1.44. The van der Waals surface area contributed by atoms with E-state index in [1.807, 2.05) is 39.0 Å². The lowest BCUT2D eigenvalue weighted by Gasteiger charge is -2.14. The topological polar surface area (TPSA) is 81.1 Å². The highest BCUT2D eigenvalue weighted by atomic mass is 16.2. The van der Waals surface area contributed by atoms with Gasteiger partial charge in [-0.05, 0) is 56.2 Å². The van der Waals surface area contributed by atoms with Crippen LogP contribution in [0.5, 0.6) is 0 Å². The molecule has 0 aliphatic carbocycles. The van der Waals surface area contributed by atoms with Crippen molar-refractivity contribution in [1.82, 2.24) is 9.55 Å². The lowest BCUT2D eigenvalue weighted by molar-refractivity contribution is -0.116. The van der Waals surface area contributed by atoms with Crippen LogP contribution in [0, 0.1) is 20.8 Å². The highest BCUT2D eigenvalue weighted by Crippen LogP contribution is 2.16. The molecule has 0 atom stereocenters. The van der Waals surface area contributed by atoms with Crippen molar-refractivity contribution >= 4 is 28.4 Å². The molecule has 6 nitrogen and oxygen atoms in total. The van der Waals surface area contributed by atoms with Crippen molar-refractivity contribution in [2.75, 3.05) is 5.32 Å². The molecule has 1 amide bonds. The maximum absolute atomic E-state index is 13.1. The van der Waals surface area contributed by atoms with E-state index in [1.54, 1.807) is 47.0 Å². The summed E-state index contributed by atoms with van der Waals surface area (Å²) in [6, 6.07) is 17.7. The molecular formula is C26H23N3O3. The van der Waals surface area contributed by atoms with E-state index < -0.39 is 5.43 Å². The third kappa shape index (κ3) is 4.21. The van der Waals surface area contributed by atoms with Gasteiger partial charge in [0.25, 0.3) is 0 Å². The molecule has 0 aliphatic rings. The van der Waals surface area contributed by atoms with Crippen molar-refractivity contribution in [3.05, 3.63) is 105 Å². The lowest BCUT2D eigenvalue weighted by Crippen LogP contribution is -2.25. The molecule has 0 fully saturated rings. The van der Waals surface area contributed by atoms with E-state index in [0.717, 1.165) is 11.1 Å². The molecule has 0 spiro atoms. The van der Waals surface area contributed by atoms with Gasteiger partial charge in [-0.25, -0.2) is 4.98 Å². The number of nitrogens with one attached hydrogen (secondary N) is 1. The Morgan fingerprint density at radius 3 is 2.41 bits per heavy atom. The van der Waals surface area contributed by atoms with Crippen LogP contribution >= 0.6 is 0 Å². The number of rotatable bonds is 5. The van der Waals surface area contributed by atoms with Crippen LogP contribution in [-0.2, 0) is 11.3 Å². The summed E-state index contributed by atoms with van der Waals surface area (Å²) in [7, 11) is 0. The standard InChI is InChI=1S/C26H23N3O3/c1-16-9-11-20(13-17(16)2)28-23(30)15-29-14-22(24(31)19-7-5-4-6-8-19)25(32)21-12-10-18(3)27-26(21)29/h4-14H,15H2,1-3H3,(H,28,30). The molecule has 32 heavy (non-hydrogen) atoms. The Kier molecular flexibility index (Phi) is 5.69. The molecule has 4 rings (SSSR count). The number of aryl methyl sites for hydroxylation is 3. The number of carbonyl (C=O) groups is 2. The predicted molar refractivity (Wildman–Crippen MR) is 125 cm³/mol. The van der Waals surface area contributed by atoms with Crippen LogP contribution in [-0.4, -0.2) is 21.2 Å². The average Bonchev–Trinajstić information content (AvgIpc) is 2.78. The third-order valence-electron chi connectivity index (χ3n) is 5.45. The molecule has 2 aromatic carbocycles. The van der Waals surface area contributed by atoms with Gasteiger partial charge in [0, 0.05) is 23.1 Å². The molecule has 0 bridgehead atoms. The molecule has 6 heteroatoms. The molecular weight excluding hydrogens is 402 g/mol. The van der Waals surface area contributed by atoms with E-state index >= 15 is 0 Å². The first-order chi connectivity index (χ1) is 15.3. The second-order valence-corrected chi connectivity index (χ2v) is 7.87. The summed E-state index contributed by atoms with van der Waals surface area (Å²) in [6.45, 7) is 5.71. The van der Waals surface area contributed by atoms with Crippen molar-refractivity contribution in [2.45, 2.75) is 27.3 Å². The van der Waals surface area contributed by atoms with Crippen LogP contribution in [0.2, 0.25) is 0 Å². The number of hydrogen-bond acceptors (Lipinski definition) is 4. The van der Waals surface area contributed by atoms with Gasteiger partial charge in [0.1, 0.15) is 12.2 Å². The summed E-state index contributed by atoms with van der Waals surface area (Å²) in [4.78, 5) is 43.4. The minimum Gasteiger partial charge on any atom is -0.325 e. The Labute approximate surface area is 185 Å². The minimum absolute atomic E-state index is 0.00772. The Hall–Kier alpha value is -4.06. The number of carbonyl (C=O) groups excluding carboxylic acids is 2. The van der Waals surface area contributed by atoms with Crippen molar-refractivity contribution < 1.29 is 9.59 Å². The molecule has 160 valence electrons. The summed E-state index contributed by atoms with van der Waals surface area (Å²) in [5, 5.41) is 3.18. The van der Waals surface area contributed by atoms with Gasteiger partial charge in [-0.3, -0.25) is 14.4 Å². The number of fused-ring (bicyclic) bond motifs is 1. The van der Waals surface area contributed by atoms with Crippen LogP contribution in [0.4, 0.5) is 5.69 Å². The maximum Gasteiger partial charge on any atom is 0.244 e. The highest BCUT2D eigenvalue weighted by molar-refractivity contribution is 6.10. The zero-order valence-electron chi connectivity index (χ0n) is 18.2. The molecule has 0 saturated carbocycles. The number of pyridine rings is 2. The van der Waals surface area contributed by atoms with Crippen LogP contribution in [0.15, 0.2) is 71.7 Å². The Bertz CT molecular complexity index is 1410. The van der Waals surface area contributed by atoms with Crippen molar-refractivity contribution in [3.8, 4) is 0 Å². The van der Waals surface area contributed by atoms with Gasteiger partial charge < -0.3 is 9.88 Å². The number of nitrogens with zero attached hydrogens (tertiary/aromatic N) is 2. The quantitative estimate of drug-likeness (QED) is 0.486. The first-order valence-corrected chi connectivity index (χ1v) is 10.3. The molecule has 0 saturated heterocycles. The summed E-state index contributed by atoms with van der Waals surface area (Å²) in [5.41, 5.74) is 4.00. The van der Waals surface area contributed by atoms with Gasteiger partial charge >= 0.3 is 0 Å². The van der Waals surface area contributed by atoms with Crippen LogP contribution < -0.4 is 10.7 Å². The second-order valence-electron chi connectivity index (χ2n) is 7.87. The van der Waals surface area contributed by atoms with Crippen molar-refractivity contribution in [1.29, 1.82) is 0 Å². The lowest BCUT2D eigenvalue weighted by atomic mass is 10.0. The second kappa shape index (κ2) is 8.59. The molecule has 4 aromatic rings. The number of benzene rings is 2. The van der Waals surface area contributed by atoms with Gasteiger partial charge in [0.2, 0.25) is 11.3 Å². The van der Waals surface area contributed by atoms with E-state index in [-0.39, 0.29) is 23.8 Å². The largest absolute Gasteiger partial charge is 0.325 e. The Morgan fingerprint density at radius 1 is 0.938 bits per heavy atom. The fourth-order valence-corrected chi connectivity index (χ4v) is 3.56. The van der Waals surface area contributed by atoms with E-state index in [9.17, 15) is 14.4 Å². The monoisotopic (exact) mass is 425 g/mol. The van der Waals surface area contributed by atoms with Gasteiger partial charge in [0.05, 0.1) is 10.9 Å². The zero-order valence-corrected chi connectivity index (χ0v) is 18.2. The smallest absolute Gasteiger partial charge is 0.244 e. The van der Waals surface area contributed by atoms with Gasteiger partial charge in [0.15, 0.2) is 5.78 Å². The van der Waals surface area contributed by atoms with Crippen LogP contribution in [0.25, 0.3) is 11.0 Å². The van der Waals surface area contributed by atoms with Gasteiger partial charge in [-0.2, -0.15) is 0 Å². The molecule has 2 aromatic heterocycles. The fourth-order valence-electron chi connectivity index (χ4n) is 3.56. The third-order valence-corrected chi connectivity index (χ3v) is 5.45. The molecule has 2 heterocycles. The summed E-state index contributed by atoms with van der Waals surface area (Å²) in [5.74, 6) is -0.666. The number of anilines is 1. The molecule has 0 unspecified atom stereocenters. The van der Waals surface area contributed by atoms with E-state index in [1.165, 1.54) is 6.20 Å². The van der Waals surface area contributed by atoms with Gasteiger partial charge in [-0.1, -0.05) is 36.4 Å². The van der Waals surface area contributed by atoms with E-state index in [4.69, 9.17) is 0 Å². The van der Waals surface area contributed by atoms with Crippen molar-refractivity contribution in [2.24, 2.45) is 0 Å². The maximum atomic E-state index is 13.1. The number of aromatic nitrogens is 2. The van der Waals surface area contributed by atoms with E-state index in [0.29, 0.717) is 28.0 Å². The predicted octanol–water partition coefficient (Wildman–Crippen LogP) is 4.19. The van der Waals surface area contributed by atoms with E-state index in [2.05, 4.69) is 10.3 Å². The van der Waals surface area contributed by atoms with Gasteiger partial charge in [-0.15, -0.1) is 0 Å². The minimum atomic E-state index is -0.396. The molecule has 0 radical (unpaired) electrons. The normalized spacial score (nSPS) is 10.8. The summed E-state index contributed by atoms with van der Waals surface area (Å²) >= 11 is 0. The Morgan fingerprint density at radius 2 is 1.69 bits per heavy atom. The average molecular weight is 425 g/mol. The van der Waals surface area contributed by atoms with Crippen LogP contribution in [0.1, 0.15) is 32.7 Å². The number of hydrogen-bond donors (Lipinski definition) is 1. The SMILES string of the molecule is Cc1ccc2c(=O)c(C(=O)c3ccccc3)cn(CC(=O)Nc3ccc(C)c(C)c3)c2n1. The number of amides is 1. The van der Waals surface area contributed by atoms with Crippen LogP contribution in [0.3, 0.4) is 0 Å². The fraction of sp³-hybridized carbons (Fsp3) is 0.154.